The van der Waals surface area contributed by atoms with Crippen molar-refractivity contribution in [2.24, 2.45) is 0 Å². The van der Waals surface area contributed by atoms with Gasteiger partial charge in [0.25, 0.3) is 0 Å². The van der Waals surface area contributed by atoms with Crippen LogP contribution in [0, 0.1) is 6.92 Å². The maximum atomic E-state index is 12.6. The molecular weight excluding hydrogens is 436 g/mol. The molecule has 33 heavy (non-hydrogen) atoms. The molecule has 0 unspecified atom stereocenters. The van der Waals surface area contributed by atoms with Gasteiger partial charge in [-0.25, -0.2) is 13.1 Å². The number of benzene rings is 3. The fourth-order valence-corrected chi connectivity index (χ4v) is 5.14. The fraction of sp³-hybridized carbons (Fsp3) is 0.320. The van der Waals surface area contributed by atoms with Crippen LogP contribution in [0.4, 0.5) is 11.4 Å². The second kappa shape index (κ2) is 9.91. The van der Waals surface area contributed by atoms with Gasteiger partial charge < -0.3 is 15.1 Å². The summed E-state index contributed by atoms with van der Waals surface area (Å²) < 4.78 is 27.8. The van der Waals surface area contributed by atoms with Gasteiger partial charge in [0.15, 0.2) is 0 Å². The molecule has 0 spiro atoms. The minimum absolute atomic E-state index is 0.0271. The zero-order valence-electron chi connectivity index (χ0n) is 19.0. The van der Waals surface area contributed by atoms with Crippen LogP contribution in [0.25, 0.3) is 10.8 Å². The highest BCUT2D eigenvalue weighted by Gasteiger charge is 2.17. The van der Waals surface area contributed by atoms with Crippen molar-refractivity contribution in [2.75, 3.05) is 50.0 Å². The molecule has 174 valence electrons. The lowest BCUT2D eigenvalue weighted by Gasteiger charge is -2.35. The Morgan fingerprint density at radius 1 is 0.939 bits per heavy atom. The van der Waals surface area contributed by atoms with Crippen LogP contribution in [0.2, 0.25) is 0 Å². The molecule has 1 aliphatic heterocycles. The quantitative estimate of drug-likeness (QED) is 0.559. The molecule has 3 aromatic carbocycles. The molecule has 0 radical (unpaired) electrons. The van der Waals surface area contributed by atoms with Crippen LogP contribution in [-0.2, 0) is 14.8 Å². The van der Waals surface area contributed by atoms with Gasteiger partial charge in [0, 0.05) is 50.5 Å². The average molecular weight is 467 g/mol. The summed E-state index contributed by atoms with van der Waals surface area (Å²) in [6.07, 6.45) is 0.0477. The number of nitrogens with zero attached hydrogens (tertiary/aromatic N) is 2. The van der Waals surface area contributed by atoms with Crippen molar-refractivity contribution in [2.45, 2.75) is 18.2 Å². The number of hydrogen-bond donors (Lipinski definition) is 2. The predicted octanol–water partition coefficient (Wildman–Crippen LogP) is 3.21. The largest absolute Gasteiger partial charge is 0.369 e. The molecule has 4 rings (SSSR count). The Morgan fingerprint density at radius 3 is 2.39 bits per heavy atom. The summed E-state index contributed by atoms with van der Waals surface area (Å²) in [5, 5.41) is 4.70. The van der Waals surface area contributed by atoms with Crippen LogP contribution in [0.5, 0.6) is 0 Å². The van der Waals surface area contributed by atoms with Crippen molar-refractivity contribution < 1.29 is 13.2 Å². The number of piperazine rings is 1. The summed E-state index contributed by atoms with van der Waals surface area (Å²) >= 11 is 0. The number of carbonyl (C=O) groups excluding carboxylic acids is 1. The summed E-state index contributed by atoms with van der Waals surface area (Å²) in [6, 6.07) is 18.5. The highest BCUT2D eigenvalue weighted by molar-refractivity contribution is 7.89. The van der Waals surface area contributed by atoms with Crippen molar-refractivity contribution in [3.63, 3.8) is 0 Å². The maximum Gasteiger partial charge on any atom is 0.240 e. The Bertz CT molecular complexity index is 1250. The molecule has 3 aromatic rings. The minimum Gasteiger partial charge on any atom is -0.369 e. The fourth-order valence-electron chi connectivity index (χ4n) is 4.08. The van der Waals surface area contributed by atoms with E-state index in [-0.39, 0.29) is 23.8 Å². The molecule has 0 saturated carbocycles. The standard InChI is InChI=1S/C25H30N4O3S/c1-19-17-22(8-10-24(19)29-15-13-28(2)14-16-29)27-25(30)11-12-26-33(31,32)23-9-7-20-5-3-4-6-21(20)18-23/h3-10,17-18,26H,11-16H2,1-2H3,(H,27,30). The molecule has 8 heteroatoms. The van der Waals surface area contributed by atoms with E-state index in [4.69, 9.17) is 0 Å². The number of anilines is 2. The van der Waals surface area contributed by atoms with E-state index >= 15 is 0 Å². The first-order valence-electron chi connectivity index (χ1n) is 11.1. The highest BCUT2D eigenvalue weighted by atomic mass is 32.2. The molecular formula is C25H30N4O3S. The second-order valence-electron chi connectivity index (χ2n) is 8.50. The van der Waals surface area contributed by atoms with E-state index in [9.17, 15) is 13.2 Å². The molecule has 0 atom stereocenters. The lowest BCUT2D eigenvalue weighted by Crippen LogP contribution is -2.44. The van der Waals surface area contributed by atoms with Crippen LogP contribution in [0.15, 0.2) is 65.6 Å². The molecule has 1 aliphatic rings. The first-order chi connectivity index (χ1) is 15.8. The third-order valence-corrected chi connectivity index (χ3v) is 7.46. The van der Waals surface area contributed by atoms with E-state index in [0.717, 1.165) is 42.5 Å². The van der Waals surface area contributed by atoms with Crippen molar-refractivity contribution in [1.82, 2.24) is 9.62 Å². The third-order valence-electron chi connectivity index (χ3n) is 6.00. The monoisotopic (exact) mass is 466 g/mol. The van der Waals surface area contributed by atoms with E-state index in [1.54, 1.807) is 18.2 Å². The zero-order chi connectivity index (χ0) is 23.4. The maximum absolute atomic E-state index is 12.6. The number of aryl methyl sites for hydroxylation is 1. The normalized spacial score (nSPS) is 15.0. The van der Waals surface area contributed by atoms with Gasteiger partial charge in [0.1, 0.15) is 0 Å². The van der Waals surface area contributed by atoms with Crippen LogP contribution in [0.1, 0.15) is 12.0 Å². The third kappa shape index (κ3) is 5.71. The molecule has 0 aliphatic carbocycles. The number of sulfonamides is 1. The Kier molecular flexibility index (Phi) is 6.97. The Morgan fingerprint density at radius 2 is 1.67 bits per heavy atom. The van der Waals surface area contributed by atoms with Crippen molar-refractivity contribution in [3.8, 4) is 0 Å². The topological polar surface area (TPSA) is 81.8 Å². The summed E-state index contributed by atoms with van der Waals surface area (Å²) in [5.74, 6) is -0.233. The van der Waals surface area contributed by atoms with Gasteiger partial charge in [-0.05, 0) is 60.6 Å². The van der Waals surface area contributed by atoms with Gasteiger partial charge >= 0.3 is 0 Å². The Hall–Kier alpha value is -2.94. The van der Waals surface area contributed by atoms with Crippen LogP contribution >= 0.6 is 0 Å². The first-order valence-corrected chi connectivity index (χ1v) is 12.6. The molecule has 1 fully saturated rings. The smallest absolute Gasteiger partial charge is 0.240 e. The molecule has 7 nitrogen and oxygen atoms in total. The second-order valence-corrected chi connectivity index (χ2v) is 10.3. The predicted molar refractivity (Wildman–Crippen MR) is 133 cm³/mol. The van der Waals surface area contributed by atoms with Crippen molar-refractivity contribution in [1.29, 1.82) is 0 Å². The first kappa shape index (κ1) is 23.2. The van der Waals surface area contributed by atoms with Gasteiger partial charge in [-0.2, -0.15) is 0 Å². The molecule has 2 N–H and O–H groups in total. The number of nitrogens with one attached hydrogen (secondary N) is 2. The number of carbonyl (C=O) groups is 1. The van der Waals surface area contributed by atoms with Gasteiger partial charge in [-0.3, -0.25) is 4.79 Å². The number of rotatable bonds is 7. The summed E-state index contributed by atoms with van der Waals surface area (Å²) in [4.78, 5) is 17.3. The van der Waals surface area contributed by atoms with Gasteiger partial charge in [0.2, 0.25) is 15.9 Å². The van der Waals surface area contributed by atoms with Crippen LogP contribution in [0.3, 0.4) is 0 Å². The molecule has 0 bridgehead atoms. The van der Waals surface area contributed by atoms with E-state index in [0.29, 0.717) is 5.69 Å². The highest BCUT2D eigenvalue weighted by Crippen LogP contribution is 2.25. The molecule has 0 aromatic heterocycles. The van der Waals surface area contributed by atoms with Crippen molar-refractivity contribution in [3.05, 3.63) is 66.2 Å². The molecule has 1 amide bonds. The summed E-state index contributed by atoms with van der Waals surface area (Å²) in [5.41, 5.74) is 3.01. The van der Waals surface area contributed by atoms with E-state index in [1.807, 2.05) is 49.4 Å². The number of fused-ring (bicyclic) bond motifs is 1. The van der Waals surface area contributed by atoms with E-state index in [1.165, 1.54) is 5.69 Å². The van der Waals surface area contributed by atoms with E-state index < -0.39 is 10.0 Å². The number of likely N-dealkylation sites (N-methyl/N-ethyl adjacent to an activating group) is 1. The Labute approximate surface area is 195 Å². The van der Waals surface area contributed by atoms with Gasteiger partial charge in [-0.1, -0.05) is 30.3 Å². The minimum atomic E-state index is -3.69. The Balaban J connectivity index is 1.31. The average Bonchev–Trinajstić information content (AvgIpc) is 2.79. The summed E-state index contributed by atoms with van der Waals surface area (Å²) in [7, 11) is -1.56. The van der Waals surface area contributed by atoms with Crippen molar-refractivity contribution >= 4 is 38.1 Å². The van der Waals surface area contributed by atoms with Gasteiger partial charge in [-0.15, -0.1) is 0 Å². The lowest BCUT2D eigenvalue weighted by molar-refractivity contribution is -0.116. The number of hydrogen-bond acceptors (Lipinski definition) is 5. The zero-order valence-corrected chi connectivity index (χ0v) is 19.9. The summed E-state index contributed by atoms with van der Waals surface area (Å²) in [6.45, 7) is 6.11. The SMILES string of the molecule is Cc1cc(NC(=O)CCNS(=O)(=O)c2ccc3ccccc3c2)ccc1N1CCN(C)CC1. The van der Waals surface area contributed by atoms with Crippen LogP contribution < -0.4 is 14.9 Å². The number of amides is 1. The van der Waals surface area contributed by atoms with Gasteiger partial charge in [0.05, 0.1) is 4.90 Å². The molecule has 1 saturated heterocycles. The van der Waals surface area contributed by atoms with Crippen LogP contribution in [-0.4, -0.2) is 59.0 Å². The lowest BCUT2D eigenvalue weighted by atomic mass is 10.1. The molecule has 1 heterocycles. The van der Waals surface area contributed by atoms with E-state index in [2.05, 4.69) is 26.9 Å².